The molecule has 1 heterocycles. The van der Waals surface area contributed by atoms with E-state index >= 15 is 0 Å². The first kappa shape index (κ1) is 21.3. The van der Waals surface area contributed by atoms with Crippen LogP contribution < -0.4 is 9.47 Å². The predicted molar refractivity (Wildman–Crippen MR) is 121 cm³/mol. The smallest absolute Gasteiger partial charge is 0.218 e. The topological polar surface area (TPSA) is 70.7 Å². The molecule has 3 rings (SSSR count). The van der Waals surface area contributed by atoms with Crippen molar-refractivity contribution in [1.82, 2.24) is 9.27 Å². The minimum Gasteiger partial charge on any atom is -0.496 e. The Morgan fingerprint density at radius 2 is 1.97 bits per heavy atom. The van der Waals surface area contributed by atoms with E-state index in [2.05, 4.69) is 22.4 Å². The minimum atomic E-state index is 0.397. The van der Waals surface area contributed by atoms with E-state index in [-0.39, 0.29) is 0 Å². The first-order chi connectivity index (χ1) is 14.5. The van der Waals surface area contributed by atoms with Gasteiger partial charge in [0.1, 0.15) is 28.8 Å². The number of methoxy groups -OCH3 is 1. The van der Waals surface area contributed by atoms with Crippen molar-refractivity contribution in [2.75, 3.05) is 20.7 Å². The Bertz CT molecular complexity index is 1110. The molecule has 0 bridgehead atoms. The SMILES string of the molecule is CCN(C)/C=N\c1cc(C)c(Oc2snc(-c3ccccc3OC)c2C#N)cc1C. The summed E-state index contributed by atoms with van der Waals surface area (Å²) < 4.78 is 16.0. The lowest BCUT2D eigenvalue weighted by molar-refractivity contribution is 0.416. The monoisotopic (exact) mass is 420 g/mol. The first-order valence-corrected chi connectivity index (χ1v) is 10.3. The van der Waals surface area contributed by atoms with Crippen LogP contribution in [0.15, 0.2) is 41.4 Å². The summed E-state index contributed by atoms with van der Waals surface area (Å²) in [5.74, 6) is 1.35. The quantitative estimate of drug-likeness (QED) is 0.362. The van der Waals surface area contributed by atoms with Crippen LogP contribution in [-0.2, 0) is 0 Å². The molecule has 7 heteroatoms. The van der Waals surface area contributed by atoms with Gasteiger partial charge in [0.15, 0.2) is 0 Å². The van der Waals surface area contributed by atoms with Crippen molar-refractivity contribution in [3.05, 3.63) is 53.1 Å². The molecule has 0 N–H and O–H groups in total. The third-order valence-corrected chi connectivity index (χ3v) is 5.45. The van der Waals surface area contributed by atoms with Gasteiger partial charge in [-0.05, 0) is 56.2 Å². The van der Waals surface area contributed by atoms with Gasteiger partial charge in [0.25, 0.3) is 0 Å². The summed E-state index contributed by atoms with van der Waals surface area (Å²) in [6.45, 7) is 6.91. The summed E-state index contributed by atoms with van der Waals surface area (Å²) >= 11 is 1.16. The molecule has 30 heavy (non-hydrogen) atoms. The number of para-hydroxylation sites is 1. The van der Waals surface area contributed by atoms with Crippen LogP contribution in [0.5, 0.6) is 16.6 Å². The number of aliphatic imine (C=N–C) groups is 1. The molecular weight excluding hydrogens is 396 g/mol. The largest absolute Gasteiger partial charge is 0.496 e. The second-order valence-corrected chi connectivity index (χ2v) is 7.57. The van der Waals surface area contributed by atoms with Crippen molar-refractivity contribution in [2.45, 2.75) is 20.8 Å². The zero-order chi connectivity index (χ0) is 21.7. The lowest BCUT2D eigenvalue weighted by atomic mass is 10.1. The number of aryl methyl sites for hydroxylation is 2. The van der Waals surface area contributed by atoms with E-state index in [1.165, 1.54) is 0 Å². The molecule has 0 radical (unpaired) electrons. The normalized spacial score (nSPS) is 10.8. The number of benzene rings is 2. The molecule has 3 aromatic rings. The molecule has 0 aliphatic heterocycles. The van der Waals surface area contributed by atoms with E-state index in [4.69, 9.17) is 9.47 Å². The van der Waals surface area contributed by atoms with Gasteiger partial charge in [-0.1, -0.05) is 12.1 Å². The maximum Gasteiger partial charge on any atom is 0.218 e. The van der Waals surface area contributed by atoms with Gasteiger partial charge in [0, 0.05) is 30.7 Å². The van der Waals surface area contributed by atoms with Crippen molar-refractivity contribution in [3.8, 4) is 33.9 Å². The number of rotatable bonds is 7. The second kappa shape index (κ2) is 9.42. The van der Waals surface area contributed by atoms with Gasteiger partial charge in [-0.15, -0.1) is 0 Å². The molecule has 0 unspecified atom stereocenters. The van der Waals surface area contributed by atoms with Crippen molar-refractivity contribution in [1.29, 1.82) is 5.26 Å². The number of hydrogen-bond acceptors (Lipinski definition) is 6. The van der Waals surface area contributed by atoms with Crippen molar-refractivity contribution < 1.29 is 9.47 Å². The Kier molecular flexibility index (Phi) is 6.70. The molecule has 0 spiro atoms. The number of nitriles is 1. The summed E-state index contributed by atoms with van der Waals surface area (Å²) in [6, 6.07) is 13.7. The fourth-order valence-corrected chi connectivity index (χ4v) is 3.56. The number of hydrogen-bond donors (Lipinski definition) is 0. The van der Waals surface area contributed by atoms with Crippen LogP contribution >= 0.6 is 11.5 Å². The third kappa shape index (κ3) is 4.44. The van der Waals surface area contributed by atoms with Crippen LogP contribution in [0.25, 0.3) is 11.3 Å². The molecule has 2 aromatic carbocycles. The highest BCUT2D eigenvalue weighted by molar-refractivity contribution is 7.08. The van der Waals surface area contributed by atoms with Crippen molar-refractivity contribution in [3.63, 3.8) is 0 Å². The highest BCUT2D eigenvalue weighted by Crippen LogP contribution is 2.41. The summed E-state index contributed by atoms with van der Waals surface area (Å²) in [5, 5.41) is 10.2. The molecule has 0 fully saturated rings. The Hall–Kier alpha value is -3.37. The molecule has 1 aromatic heterocycles. The minimum absolute atomic E-state index is 0.397. The standard InChI is InChI=1S/C23H24N4O2S/c1-6-27(4)14-25-19-11-16(3)21(12-15(19)2)29-23-18(13-24)22(26-30-23)17-9-7-8-10-20(17)28-5/h7-12,14H,6H2,1-5H3/b25-14-. The van der Waals surface area contributed by atoms with Gasteiger partial charge in [0.2, 0.25) is 5.06 Å². The Labute approximate surface area is 181 Å². The van der Waals surface area contributed by atoms with Crippen LogP contribution in [0.2, 0.25) is 0 Å². The lowest BCUT2D eigenvalue weighted by Gasteiger charge is -2.12. The number of aromatic nitrogens is 1. The Balaban J connectivity index is 1.94. The van der Waals surface area contributed by atoms with Gasteiger partial charge >= 0.3 is 0 Å². The van der Waals surface area contributed by atoms with Crippen molar-refractivity contribution in [2.24, 2.45) is 4.99 Å². The molecule has 0 atom stereocenters. The summed E-state index contributed by atoms with van der Waals surface area (Å²) in [6.07, 6.45) is 1.82. The van der Waals surface area contributed by atoms with Crippen LogP contribution in [-0.4, -0.2) is 36.3 Å². The summed E-state index contributed by atoms with van der Waals surface area (Å²) in [7, 11) is 3.58. The van der Waals surface area contributed by atoms with Gasteiger partial charge in [-0.3, -0.25) is 0 Å². The van der Waals surface area contributed by atoms with Crippen molar-refractivity contribution >= 4 is 23.6 Å². The lowest BCUT2D eigenvalue weighted by Crippen LogP contribution is -2.14. The molecule has 154 valence electrons. The van der Waals surface area contributed by atoms with E-state index < -0.39 is 0 Å². The van der Waals surface area contributed by atoms with E-state index in [0.717, 1.165) is 40.5 Å². The third-order valence-electron chi connectivity index (χ3n) is 4.72. The predicted octanol–water partition coefficient (Wildman–Crippen LogP) is 5.71. The van der Waals surface area contributed by atoms with E-state index in [0.29, 0.717) is 27.8 Å². The first-order valence-electron chi connectivity index (χ1n) is 9.55. The zero-order valence-corrected chi connectivity index (χ0v) is 18.6. The molecule has 0 saturated carbocycles. The summed E-state index contributed by atoms with van der Waals surface area (Å²) in [5.41, 5.74) is 4.54. The van der Waals surface area contributed by atoms with E-state index in [1.54, 1.807) is 7.11 Å². The molecular formula is C23H24N4O2S. The maximum atomic E-state index is 9.78. The molecule has 0 aliphatic carbocycles. The van der Waals surface area contributed by atoms with Crippen LogP contribution in [0, 0.1) is 25.2 Å². The molecule has 6 nitrogen and oxygen atoms in total. The average Bonchev–Trinajstić information content (AvgIpc) is 3.16. The molecule has 0 amide bonds. The Morgan fingerprint density at radius 1 is 1.20 bits per heavy atom. The maximum absolute atomic E-state index is 9.78. The van der Waals surface area contributed by atoms with Crippen LogP contribution in [0.3, 0.4) is 0 Å². The van der Waals surface area contributed by atoms with Gasteiger partial charge in [-0.25, -0.2) is 4.99 Å². The van der Waals surface area contributed by atoms with E-state index in [1.807, 2.05) is 68.5 Å². The summed E-state index contributed by atoms with van der Waals surface area (Å²) in [4.78, 5) is 6.56. The number of nitrogens with zero attached hydrogens (tertiary/aromatic N) is 4. The van der Waals surface area contributed by atoms with Crippen LogP contribution in [0.1, 0.15) is 23.6 Å². The number of ether oxygens (including phenoxy) is 2. The second-order valence-electron chi connectivity index (χ2n) is 6.83. The average molecular weight is 421 g/mol. The van der Waals surface area contributed by atoms with Gasteiger partial charge in [0.05, 0.1) is 19.1 Å². The fourth-order valence-electron chi connectivity index (χ4n) is 2.83. The Morgan fingerprint density at radius 3 is 2.67 bits per heavy atom. The fraction of sp³-hybridized carbons (Fsp3) is 0.261. The molecule has 0 saturated heterocycles. The zero-order valence-electron chi connectivity index (χ0n) is 17.8. The molecule has 0 aliphatic rings. The van der Waals surface area contributed by atoms with E-state index in [9.17, 15) is 5.26 Å². The highest BCUT2D eigenvalue weighted by Gasteiger charge is 2.20. The van der Waals surface area contributed by atoms with Gasteiger partial charge in [-0.2, -0.15) is 9.64 Å². The highest BCUT2D eigenvalue weighted by atomic mass is 32.1. The van der Waals surface area contributed by atoms with Gasteiger partial charge < -0.3 is 14.4 Å². The van der Waals surface area contributed by atoms with Crippen LogP contribution in [0.4, 0.5) is 5.69 Å².